The number of aliphatic hydroxyl groups excluding tert-OH is 1. The number of ketones is 1. The average molecular weight is 647 g/mol. The van der Waals surface area contributed by atoms with E-state index in [2.05, 4.69) is 14.9 Å². The van der Waals surface area contributed by atoms with E-state index in [1.165, 1.54) is 17.4 Å². The Kier molecular flexibility index (Phi) is 9.67. The number of carbonyl (C=O) groups excluding carboxylic acids is 2. The number of thiophene rings is 1. The Morgan fingerprint density at radius 2 is 1.78 bits per heavy atom. The predicted molar refractivity (Wildman–Crippen MR) is 170 cm³/mol. The molecule has 240 valence electrons. The zero-order chi connectivity index (χ0) is 32.2. The van der Waals surface area contributed by atoms with Crippen molar-refractivity contribution in [2.45, 2.75) is 51.2 Å². The number of amides is 1. The van der Waals surface area contributed by atoms with Gasteiger partial charge in [-0.3, -0.25) is 29.3 Å². The molecule has 1 saturated heterocycles. The molecule has 4 heterocycles. The van der Waals surface area contributed by atoms with E-state index in [4.69, 9.17) is 9.84 Å². The van der Waals surface area contributed by atoms with Gasteiger partial charge in [0, 0.05) is 70.4 Å². The lowest BCUT2D eigenvalue weighted by Crippen LogP contribution is -2.51. The highest BCUT2D eigenvalue weighted by Gasteiger charge is 2.27. The number of aliphatic carboxylic acids is 1. The first-order chi connectivity index (χ1) is 22.2. The predicted octanol–water partition coefficient (Wildman–Crippen LogP) is 5.07. The number of rotatable bonds is 13. The molecular formula is C34H35FN4O6S. The number of aromatic nitrogens is 2. The van der Waals surface area contributed by atoms with Crippen molar-refractivity contribution in [3.63, 3.8) is 0 Å². The van der Waals surface area contributed by atoms with Crippen LogP contribution in [0.1, 0.15) is 43.2 Å². The molecule has 46 heavy (non-hydrogen) atoms. The second kappa shape index (κ2) is 14.0. The van der Waals surface area contributed by atoms with Gasteiger partial charge in [-0.15, -0.1) is 11.3 Å². The number of hydrogen-bond donors (Lipinski definition) is 2. The third-order valence-corrected chi connectivity index (χ3v) is 9.45. The summed E-state index contributed by atoms with van der Waals surface area (Å²) < 4.78 is 21.7. The number of Topliss-reactive ketones (excluding diaryl/α,β-unsaturated/α-hetero) is 1. The second-order valence-electron chi connectivity index (χ2n) is 12.0. The highest BCUT2D eigenvalue weighted by molar-refractivity contribution is 7.22. The normalized spacial score (nSPS) is 16.0. The number of pyridine rings is 2. The minimum absolute atomic E-state index is 0.0860. The molecule has 10 nitrogen and oxygen atoms in total. The summed E-state index contributed by atoms with van der Waals surface area (Å²) in [6.45, 7) is 2.84. The Hall–Kier alpha value is -4.26. The van der Waals surface area contributed by atoms with Crippen LogP contribution in [0.3, 0.4) is 0 Å². The maximum atomic E-state index is 15.0. The van der Waals surface area contributed by atoms with Crippen LogP contribution >= 0.6 is 11.3 Å². The number of ether oxygens (including phenoxy) is 1. The Labute approximate surface area is 269 Å². The zero-order valence-corrected chi connectivity index (χ0v) is 26.0. The summed E-state index contributed by atoms with van der Waals surface area (Å²) in [5, 5.41) is 18.8. The first kappa shape index (κ1) is 31.7. The van der Waals surface area contributed by atoms with E-state index in [-0.39, 0.29) is 30.8 Å². The molecule has 1 atom stereocenters. The quantitative estimate of drug-likeness (QED) is 0.204. The maximum absolute atomic E-state index is 15.0. The van der Waals surface area contributed by atoms with Crippen molar-refractivity contribution in [3.05, 3.63) is 71.8 Å². The van der Waals surface area contributed by atoms with Gasteiger partial charge >= 0.3 is 5.97 Å². The largest absolute Gasteiger partial charge is 0.481 e. The summed E-state index contributed by atoms with van der Waals surface area (Å²) in [5.74, 6) is -0.761. The van der Waals surface area contributed by atoms with Gasteiger partial charge < -0.3 is 19.8 Å². The van der Waals surface area contributed by atoms with E-state index in [0.29, 0.717) is 61.9 Å². The van der Waals surface area contributed by atoms with Gasteiger partial charge in [0.15, 0.2) is 11.6 Å². The Bertz CT molecular complexity index is 1730. The van der Waals surface area contributed by atoms with Crippen LogP contribution in [0.4, 0.5) is 4.39 Å². The molecule has 6 rings (SSSR count). The van der Waals surface area contributed by atoms with Crippen LogP contribution in [0.5, 0.6) is 11.5 Å². The second-order valence-corrected chi connectivity index (χ2v) is 13.0. The van der Waals surface area contributed by atoms with Crippen molar-refractivity contribution >= 4 is 39.2 Å². The van der Waals surface area contributed by atoms with Crippen molar-refractivity contribution < 1.29 is 33.7 Å². The van der Waals surface area contributed by atoms with Gasteiger partial charge in [0.1, 0.15) is 17.6 Å². The number of aliphatic hydroxyl groups is 1. The van der Waals surface area contributed by atoms with Gasteiger partial charge in [-0.1, -0.05) is 12.1 Å². The highest BCUT2D eigenvalue weighted by atomic mass is 32.1. The Morgan fingerprint density at radius 1 is 1.00 bits per heavy atom. The first-order valence-electron chi connectivity index (χ1n) is 15.4. The van der Waals surface area contributed by atoms with Crippen molar-refractivity contribution in [1.29, 1.82) is 0 Å². The third kappa shape index (κ3) is 7.93. The molecule has 12 heteroatoms. The molecule has 1 aliphatic carbocycles. The van der Waals surface area contributed by atoms with Crippen LogP contribution in [0.2, 0.25) is 0 Å². The number of fused-ring (bicyclic) bond motifs is 1. The molecule has 1 amide bonds. The lowest BCUT2D eigenvalue weighted by atomic mass is 10.0. The molecule has 4 aromatic rings. The summed E-state index contributed by atoms with van der Waals surface area (Å²) in [4.78, 5) is 49.2. The molecule has 2 N–H and O–H groups in total. The fraction of sp³-hybridized carbons (Fsp3) is 0.382. The van der Waals surface area contributed by atoms with Crippen molar-refractivity contribution in [2.75, 3.05) is 26.2 Å². The molecular weight excluding hydrogens is 611 g/mol. The molecule has 2 fully saturated rings. The number of benzene rings is 1. The Morgan fingerprint density at radius 3 is 2.48 bits per heavy atom. The molecule has 0 spiro atoms. The van der Waals surface area contributed by atoms with Crippen LogP contribution in [0, 0.1) is 11.7 Å². The fourth-order valence-corrected chi connectivity index (χ4v) is 6.61. The number of halogens is 1. The number of carbonyl (C=O) groups is 3. The Balaban J connectivity index is 1.05. The summed E-state index contributed by atoms with van der Waals surface area (Å²) >= 11 is 1.46. The zero-order valence-electron chi connectivity index (χ0n) is 25.2. The number of hydrogen-bond acceptors (Lipinski definition) is 9. The monoisotopic (exact) mass is 646 g/mol. The number of piperazine rings is 1. The topological polar surface area (TPSA) is 133 Å². The lowest BCUT2D eigenvalue weighted by molar-refractivity contribution is -0.144. The van der Waals surface area contributed by atoms with Crippen LogP contribution in [-0.2, 0) is 27.3 Å². The van der Waals surface area contributed by atoms with Crippen molar-refractivity contribution in [2.24, 2.45) is 5.92 Å². The smallest absolute Gasteiger partial charge is 0.303 e. The summed E-state index contributed by atoms with van der Waals surface area (Å²) in [6, 6.07) is 12.3. The highest BCUT2D eigenvalue weighted by Crippen LogP contribution is 2.39. The maximum Gasteiger partial charge on any atom is 0.303 e. The van der Waals surface area contributed by atoms with Gasteiger partial charge in [0.25, 0.3) is 5.91 Å². The molecule has 1 saturated carbocycles. The molecule has 0 unspecified atom stereocenters. The van der Waals surface area contributed by atoms with Crippen LogP contribution in [-0.4, -0.2) is 79.9 Å². The minimum atomic E-state index is -1.29. The van der Waals surface area contributed by atoms with Crippen LogP contribution < -0.4 is 4.74 Å². The molecule has 1 aromatic carbocycles. The summed E-state index contributed by atoms with van der Waals surface area (Å²) in [5.41, 5.74) is 3.15. The van der Waals surface area contributed by atoms with Gasteiger partial charge in [0.2, 0.25) is 0 Å². The van der Waals surface area contributed by atoms with Gasteiger partial charge in [-0.05, 0) is 60.6 Å². The number of nitrogens with zero attached hydrogens (tertiary/aromatic N) is 4. The first-order valence-corrected chi connectivity index (χ1v) is 16.3. The van der Waals surface area contributed by atoms with Crippen LogP contribution in [0.15, 0.2) is 54.9 Å². The SMILES string of the molecule is O=C(O)CC[C@@H](O)C(=O)N1CCN(Cc2ccc(-c3cc4nccc(Oc5ccc(CC(=O)CC6CC6)cc5F)c4s3)nc2)CC1. The molecule has 3 aromatic heterocycles. The van der Waals surface area contributed by atoms with Crippen LogP contribution in [0.25, 0.3) is 20.8 Å². The number of carboxylic acids is 1. The summed E-state index contributed by atoms with van der Waals surface area (Å²) in [7, 11) is 0. The van der Waals surface area contributed by atoms with Crippen molar-refractivity contribution in [3.8, 4) is 22.1 Å². The molecule has 0 radical (unpaired) electrons. The van der Waals surface area contributed by atoms with Crippen molar-refractivity contribution in [1.82, 2.24) is 19.8 Å². The van der Waals surface area contributed by atoms with Gasteiger partial charge in [-0.25, -0.2) is 4.39 Å². The minimum Gasteiger partial charge on any atom is -0.481 e. The molecule has 2 aliphatic rings. The average Bonchev–Trinajstić information content (AvgIpc) is 3.75. The summed E-state index contributed by atoms with van der Waals surface area (Å²) in [6.07, 6.45) is 4.83. The van der Waals surface area contributed by atoms with Gasteiger partial charge in [0.05, 0.1) is 20.8 Å². The van der Waals surface area contributed by atoms with E-state index in [1.807, 2.05) is 24.4 Å². The lowest BCUT2D eigenvalue weighted by Gasteiger charge is -2.35. The molecule has 1 aliphatic heterocycles. The standard InChI is InChI=1S/C34H35FN4O6S/c35-25-17-22(16-24(40)15-21-1-2-21)4-7-29(25)45-30-9-10-36-27-18-31(46-33(27)30)26-5-3-23(19-37-26)20-38-11-13-39(14-12-38)34(44)28(41)6-8-32(42)43/h3-5,7,9-10,17-19,21,28,41H,1-2,6,8,11-16,20H2,(H,42,43)/t28-/m1/s1. The molecule has 0 bridgehead atoms. The van der Waals surface area contributed by atoms with E-state index in [9.17, 15) is 23.9 Å². The van der Waals surface area contributed by atoms with E-state index in [0.717, 1.165) is 33.7 Å². The van der Waals surface area contributed by atoms with E-state index in [1.54, 1.807) is 29.3 Å². The number of carboxylic acid groups (broad SMARTS) is 1. The van der Waals surface area contributed by atoms with E-state index >= 15 is 0 Å². The fourth-order valence-electron chi connectivity index (χ4n) is 5.56. The third-order valence-electron chi connectivity index (χ3n) is 8.29. The van der Waals surface area contributed by atoms with E-state index < -0.39 is 23.8 Å². The van der Waals surface area contributed by atoms with Gasteiger partial charge in [-0.2, -0.15) is 0 Å².